The third-order valence-corrected chi connectivity index (χ3v) is 3.93. The minimum absolute atomic E-state index is 0.00388. The van der Waals surface area contributed by atoms with Crippen molar-refractivity contribution in [2.75, 3.05) is 26.2 Å². The largest absolute Gasteiger partial charge is 0.336 e. The van der Waals surface area contributed by atoms with Crippen molar-refractivity contribution >= 4 is 5.91 Å². The highest BCUT2D eigenvalue weighted by atomic mass is 19.1. The molecule has 1 aliphatic rings. The molecule has 3 rings (SSSR count). The number of piperazine rings is 1. The number of tetrazole rings is 1. The van der Waals surface area contributed by atoms with E-state index in [9.17, 15) is 9.18 Å². The molecule has 1 N–H and O–H groups in total. The van der Waals surface area contributed by atoms with Gasteiger partial charge in [-0.05, 0) is 28.8 Å². The quantitative estimate of drug-likeness (QED) is 0.913. The van der Waals surface area contributed by atoms with E-state index in [1.54, 1.807) is 17.0 Å². The van der Waals surface area contributed by atoms with Crippen LogP contribution < -0.4 is 5.32 Å². The molecule has 8 heteroatoms. The topological polar surface area (TPSA) is 75.9 Å². The first-order chi connectivity index (χ1) is 11.8. The molecule has 1 aliphatic heterocycles. The summed E-state index contributed by atoms with van der Waals surface area (Å²) in [5, 5.41) is 15.3. The van der Waals surface area contributed by atoms with Gasteiger partial charge in [0.15, 0.2) is 0 Å². The number of hydrogen-bond donors (Lipinski definition) is 1. The minimum Gasteiger partial charge on any atom is -0.336 e. The van der Waals surface area contributed by atoms with Crippen LogP contribution in [0, 0.1) is 11.2 Å². The summed E-state index contributed by atoms with van der Waals surface area (Å²) in [6, 6.07) is 4.42. The lowest BCUT2D eigenvalue weighted by Gasteiger charge is -2.27. The molecule has 0 unspecified atom stereocenters. The van der Waals surface area contributed by atoms with Crippen LogP contribution in [0.4, 0.5) is 4.39 Å². The van der Waals surface area contributed by atoms with Crippen LogP contribution in [0.2, 0.25) is 0 Å². The number of nitrogens with one attached hydrogen (secondary N) is 1. The monoisotopic (exact) mass is 346 g/mol. The molecule has 2 heterocycles. The molecule has 134 valence electrons. The van der Waals surface area contributed by atoms with Gasteiger partial charge in [-0.3, -0.25) is 4.79 Å². The second kappa shape index (κ2) is 6.87. The molecule has 1 aromatic heterocycles. The Kier molecular flexibility index (Phi) is 4.80. The molecule has 0 saturated carbocycles. The lowest BCUT2D eigenvalue weighted by Crippen LogP contribution is -2.46. The van der Waals surface area contributed by atoms with Crippen molar-refractivity contribution in [1.29, 1.82) is 0 Å². The van der Waals surface area contributed by atoms with Crippen LogP contribution in [-0.2, 0) is 6.54 Å². The predicted octanol–water partition coefficient (Wildman–Crippen LogP) is 1.57. The van der Waals surface area contributed by atoms with E-state index in [4.69, 9.17) is 0 Å². The molecular weight excluding hydrogens is 323 g/mol. The van der Waals surface area contributed by atoms with Gasteiger partial charge in [-0.25, -0.2) is 4.39 Å². The van der Waals surface area contributed by atoms with E-state index in [1.807, 2.05) is 0 Å². The molecule has 2 aromatic rings. The average Bonchev–Trinajstić information content (AvgIpc) is 3.01. The lowest BCUT2D eigenvalue weighted by molar-refractivity contribution is 0.0735. The molecule has 0 radical (unpaired) electrons. The van der Waals surface area contributed by atoms with E-state index < -0.39 is 5.82 Å². The highest BCUT2D eigenvalue weighted by Gasteiger charge is 2.21. The number of amides is 1. The fraction of sp³-hybridized carbons (Fsp3) is 0.529. The van der Waals surface area contributed by atoms with Crippen LogP contribution in [0.1, 0.15) is 31.1 Å². The second-order valence-electron chi connectivity index (χ2n) is 7.44. The Morgan fingerprint density at radius 2 is 2.00 bits per heavy atom. The fourth-order valence-electron chi connectivity index (χ4n) is 2.72. The average molecular weight is 346 g/mol. The van der Waals surface area contributed by atoms with E-state index in [-0.39, 0.29) is 22.7 Å². The molecule has 1 aromatic carbocycles. The zero-order chi connectivity index (χ0) is 18.0. The number of aromatic nitrogens is 4. The van der Waals surface area contributed by atoms with E-state index in [2.05, 4.69) is 41.5 Å². The summed E-state index contributed by atoms with van der Waals surface area (Å²) in [5.74, 6) is -0.449. The molecule has 1 fully saturated rings. The third kappa shape index (κ3) is 4.19. The Balaban J connectivity index is 1.79. The molecule has 0 spiro atoms. The van der Waals surface area contributed by atoms with Gasteiger partial charge in [0.2, 0.25) is 5.82 Å². The van der Waals surface area contributed by atoms with Gasteiger partial charge in [-0.2, -0.15) is 4.80 Å². The fourth-order valence-corrected chi connectivity index (χ4v) is 2.72. The minimum atomic E-state index is -0.517. The van der Waals surface area contributed by atoms with Gasteiger partial charge in [-0.15, -0.1) is 10.2 Å². The van der Waals surface area contributed by atoms with Gasteiger partial charge >= 0.3 is 0 Å². The molecule has 0 aliphatic carbocycles. The van der Waals surface area contributed by atoms with E-state index in [0.29, 0.717) is 25.2 Å². The van der Waals surface area contributed by atoms with Gasteiger partial charge in [0.1, 0.15) is 5.82 Å². The molecule has 0 bridgehead atoms. The highest BCUT2D eigenvalue weighted by Crippen LogP contribution is 2.21. The summed E-state index contributed by atoms with van der Waals surface area (Å²) < 4.78 is 14.5. The van der Waals surface area contributed by atoms with Crippen LogP contribution in [0.5, 0.6) is 0 Å². The number of nitrogens with zero attached hydrogens (tertiary/aromatic N) is 5. The molecule has 1 amide bonds. The van der Waals surface area contributed by atoms with Crippen molar-refractivity contribution in [3.8, 4) is 11.4 Å². The van der Waals surface area contributed by atoms with Crippen LogP contribution in [0.15, 0.2) is 18.2 Å². The smallest absolute Gasteiger partial charge is 0.254 e. The van der Waals surface area contributed by atoms with Gasteiger partial charge in [0.05, 0.1) is 12.1 Å². The van der Waals surface area contributed by atoms with Gasteiger partial charge in [0.25, 0.3) is 5.91 Å². The number of rotatable bonds is 3. The first kappa shape index (κ1) is 17.5. The Labute approximate surface area is 146 Å². The molecule has 25 heavy (non-hydrogen) atoms. The van der Waals surface area contributed by atoms with Crippen LogP contribution >= 0.6 is 0 Å². The summed E-state index contributed by atoms with van der Waals surface area (Å²) in [6.07, 6.45) is 0. The van der Waals surface area contributed by atoms with Crippen molar-refractivity contribution in [1.82, 2.24) is 30.4 Å². The molecule has 7 nitrogen and oxygen atoms in total. The summed E-state index contributed by atoms with van der Waals surface area (Å²) in [6.45, 7) is 9.55. The van der Waals surface area contributed by atoms with Crippen LogP contribution in [-0.4, -0.2) is 57.2 Å². The number of carbonyl (C=O) groups is 1. The second-order valence-corrected chi connectivity index (χ2v) is 7.44. The Bertz CT molecular complexity index is 761. The van der Waals surface area contributed by atoms with Crippen LogP contribution in [0.3, 0.4) is 0 Å². The third-order valence-electron chi connectivity index (χ3n) is 3.93. The van der Waals surface area contributed by atoms with Crippen molar-refractivity contribution in [3.63, 3.8) is 0 Å². The van der Waals surface area contributed by atoms with E-state index in [0.717, 1.165) is 13.1 Å². The highest BCUT2D eigenvalue weighted by molar-refractivity contribution is 5.94. The molecular formula is C17H23FN6O. The number of hydrogen-bond acceptors (Lipinski definition) is 5. The van der Waals surface area contributed by atoms with Gasteiger partial charge in [-0.1, -0.05) is 20.8 Å². The number of halogens is 1. The standard InChI is InChI=1S/C17H23FN6O/c1-17(2,3)11-24-21-15(20-22-24)13-5-4-12(10-14(13)18)16(25)23-8-6-19-7-9-23/h4-5,10,19H,6-9,11H2,1-3H3. The number of benzene rings is 1. The van der Waals surface area contributed by atoms with E-state index in [1.165, 1.54) is 10.9 Å². The van der Waals surface area contributed by atoms with Crippen molar-refractivity contribution in [2.24, 2.45) is 5.41 Å². The summed E-state index contributed by atoms with van der Waals surface area (Å²) in [5.41, 5.74) is 0.582. The summed E-state index contributed by atoms with van der Waals surface area (Å²) >= 11 is 0. The van der Waals surface area contributed by atoms with Gasteiger partial charge < -0.3 is 10.2 Å². The van der Waals surface area contributed by atoms with Crippen molar-refractivity contribution in [2.45, 2.75) is 27.3 Å². The lowest BCUT2D eigenvalue weighted by atomic mass is 9.97. The zero-order valence-electron chi connectivity index (χ0n) is 14.8. The Morgan fingerprint density at radius 1 is 1.28 bits per heavy atom. The summed E-state index contributed by atoms with van der Waals surface area (Å²) in [7, 11) is 0. The Morgan fingerprint density at radius 3 is 2.64 bits per heavy atom. The van der Waals surface area contributed by atoms with Gasteiger partial charge in [0, 0.05) is 31.7 Å². The summed E-state index contributed by atoms with van der Waals surface area (Å²) in [4.78, 5) is 15.6. The Hall–Kier alpha value is -2.35. The molecule has 0 atom stereocenters. The molecule has 1 saturated heterocycles. The predicted molar refractivity (Wildman–Crippen MR) is 91.4 cm³/mol. The normalized spacial score (nSPS) is 15.4. The maximum Gasteiger partial charge on any atom is 0.254 e. The first-order valence-corrected chi connectivity index (χ1v) is 8.41. The van der Waals surface area contributed by atoms with E-state index >= 15 is 0 Å². The van der Waals surface area contributed by atoms with Crippen molar-refractivity contribution in [3.05, 3.63) is 29.6 Å². The number of carbonyl (C=O) groups excluding carboxylic acids is 1. The van der Waals surface area contributed by atoms with Crippen molar-refractivity contribution < 1.29 is 9.18 Å². The zero-order valence-corrected chi connectivity index (χ0v) is 14.8. The SMILES string of the molecule is CC(C)(C)Cn1nnc(-c2ccc(C(=O)N3CCNCC3)cc2F)n1. The van der Waals surface area contributed by atoms with Crippen LogP contribution in [0.25, 0.3) is 11.4 Å². The first-order valence-electron chi connectivity index (χ1n) is 8.41. The maximum atomic E-state index is 14.5. The maximum absolute atomic E-state index is 14.5.